The van der Waals surface area contributed by atoms with E-state index in [0.29, 0.717) is 44.2 Å². The zero-order valence-electron chi connectivity index (χ0n) is 23.7. The van der Waals surface area contributed by atoms with Gasteiger partial charge in [-0.15, -0.1) is 10.2 Å². The SMILES string of the molecule is CONC(=S)N=Nc1c(O)n(CN2CCN(C3=CC4C(C=C3F)C(=O)C(C(=O)O)=CN4C3CC3)CC2)c2ccc(C)cc12. The molecule has 0 bridgehead atoms. The molecule has 3 heterocycles. The third-order valence-corrected chi connectivity index (χ3v) is 8.47. The van der Waals surface area contributed by atoms with Crippen molar-refractivity contribution in [1.29, 1.82) is 0 Å². The van der Waals surface area contributed by atoms with Gasteiger partial charge in [0.25, 0.3) is 0 Å². The Labute approximate surface area is 252 Å². The number of nitrogens with zero attached hydrogens (tertiary/aromatic N) is 6. The van der Waals surface area contributed by atoms with Gasteiger partial charge < -0.3 is 20.0 Å². The molecule has 2 aliphatic heterocycles. The second-order valence-corrected chi connectivity index (χ2v) is 11.5. The molecule has 0 radical (unpaired) electrons. The summed E-state index contributed by atoms with van der Waals surface area (Å²) in [6, 6.07) is 5.56. The predicted molar refractivity (Wildman–Crippen MR) is 159 cm³/mol. The van der Waals surface area contributed by atoms with Crippen molar-refractivity contribution in [2.24, 2.45) is 16.1 Å². The molecule has 1 aromatic carbocycles. The second kappa shape index (κ2) is 11.5. The number of carboxylic acids is 1. The number of aromatic nitrogens is 1. The van der Waals surface area contributed by atoms with Crippen LogP contribution < -0.4 is 5.48 Å². The maximum absolute atomic E-state index is 15.5. The number of aliphatic carboxylic acids is 1. The number of rotatable bonds is 7. The number of hydroxylamine groups is 1. The van der Waals surface area contributed by atoms with Crippen LogP contribution in [0.3, 0.4) is 0 Å². The van der Waals surface area contributed by atoms with Crippen LogP contribution in [0.4, 0.5) is 10.1 Å². The maximum atomic E-state index is 15.5. The highest BCUT2D eigenvalue weighted by atomic mass is 32.1. The largest absolute Gasteiger partial charge is 0.493 e. The smallest absolute Gasteiger partial charge is 0.340 e. The summed E-state index contributed by atoms with van der Waals surface area (Å²) >= 11 is 5.05. The van der Waals surface area contributed by atoms with Crippen molar-refractivity contribution in [2.75, 3.05) is 33.3 Å². The van der Waals surface area contributed by atoms with E-state index >= 15 is 4.39 Å². The molecule has 6 rings (SSSR count). The number of carbonyl (C=O) groups excluding carboxylic acids is 1. The maximum Gasteiger partial charge on any atom is 0.340 e. The van der Waals surface area contributed by atoms with Crippen LogP contribution >= 0.6 is 12.2 Å². The van der Waals surface area contributed by atoms with Gasteiger partial charge in [-0.25, -0.2) is 14.7 Å². The number of hydrogen-bond acceptors (Lipinski definition) is 9. The molecule has 43 heavy (non-hydrogen) atoms. The van der Waals surface area contributed by atoms with Gasteiger partial charge in [0.2, 0.25) is 11.0 Å². The van der Waals surface area contributed by atoms with Crippen molar-refractivity contribution in [3.05, 3.63) is 59.2 Å². The molecule has 1 aromatic heterocycles. The number of benzene rings is 1. The molecule has 12 nitrogen and oxygen atoms in total. The second-order valence-electron chi connectivity index (χ2n) is 11.2. The molecule has 2 atom stereocenters. The predicted octanol–water partition coefficient (Wildman–Crippen LogP) is 3.50. The van der Waals surface area contributed by atoms with E-state index in [0.717, 1.165) is 29.3 Å². The minimum absolute atomic E-state index is 0.0207. The summed E-state index contributed by atoms with van der Waals surface area (Å²) in [4.78, 5) is 35.4. The lowest BCUT2D eigenvalue weighted by Gasteiger charge is -2.42. The quantitative estimate of drug-likeness (QED) is 0.185. The summed E-state index contributed by atoms with van der Waals surface area (Å²) < 4.78 is 17.2. The van der Waals surface area contributed by atoms with E-state index in [1.165, 1.54) is 19.4 Å². The average Bonchev–Trinajstić information content (AvgIpc) is 3.79. The summed E-state index contributed by atoms with van der Waals surface area (Å²) in [7, 11) is 1.41. The Morgan fingerprint density at radius 2 is 1.95 bits per heavy atom. The number of aryl methyl sites for hydroxylation is 1. The average molecular weight is 610 g/mol. The number of aromatic hydroxyl groups is 1. The Kier molecular flexibility index (Phi) is 7.75. The Balaban J connectivity index is 1.19. The van der Waals surface area contributed by atoms with Gasteiger partial charge in [-0.3, -0.25) is 19.1 Å². The van der Waals surface area contributed by atoms with Crippen molar-refractivity contribution in [2.45, 2.75) is 38.5 Å². The van der Waals surface area contributed by atoms with E-state index in [4.69, 9.17) is 17.1 Å². The fourth-order valence-electron chi connectivity index (χ4n) is 6.02. The van der Waals surface area contributed by atoms with Crippen molar-refractivity contribution < 1.29 is 29.0 Å². The molecule has 3 N–H and O–H groups in total. The number of nitrogens with one attached hydrogen (secondary N) is 1. The van der Waals surface area contributed by atoms with Gasteiger partial charge in [0.15, 0.2) is 11.5 Å². The Bertz CT molecular complexity index is 1620. The Hall–Kier alpha value is -4.14. The number of Topliss-reactive ketones (excluding diaryl/α,β-unsaturated/α-hetero) is 1. The number of allylic oxidation sites excluding steroid dienone is 1. The number of azo groups is 1. The van der Waals surface area contributed by atoms with Crippen molar-refractivity contribution in [1.82, 2.24) is 24.7 Å². The molecule has 2 fully saturated rings. The standard InChI is InChI=1S/C29H32FN7O5S/c1-16-3-6-22-18(11-16)25(31-32-29(43)33-42-2)27(39)37(22)15-34-7-9-35(10-8-34)24-13-23-19(12-21(24)30)26(38)20(28(40)41)14-36(23)17-4-5-17/h3,6,11-14,17,19,23,39H,4-5,7-10,15H2,1-2H3,(H,33,43)(H,40,41). The van der Waals surface area contributed by atoms with Gasteiger partial charge in [0.05, 0.1) is 37.0 Å². The zero-order chi connectivity index (χ0) is 30.4. The molecule has 14 heteroatoms. The number of thiocarbonyl (C=S) groups is 1. The number of fused-ring (bicyclic) bond motifs is 2. The molecule has 1 saturated heterocycles. The van der Waals surface area contributed by atoms with Crippen molar-refractivity contribution in [3.63, 3.8) is 0 Å². The van der Waals surface area contributed by atoms with E-state index in [1.807, 2.05) is 34.9 Å². The number of carboxylic acid groups (broad SMARTS) is 1. The highest BCUT2D eigenvalue weighted by molar-refractivity contribution is 7.80. The van der Waals surface area contributed by atoms with Crippen LogP contribution in [-0.2, 0) is 21.1 Å². The Morgan fingerprint density at radius 1 is 1.21 bits per heavy atom. The van der Waals surface area contributed by atoms with E-state index in [-0.39, 0.29) is 22.6 Å². The summed E-state index contributed by atoms with van der Waals surface area (Å²) in [6.07, 6.45) is 6.34. The molecule has 2 aliphatic carbocycles. The molecule has 4 aliphatic rings. The first-order valence-corrected chi connectivity index (χ1v) is 14.5. The van der Waals surface area contributed by atoms with Crippen LogP contribution in [0.15, 0.2) is 63.9 Å². The number of carbonyl (C=O) groups is 2. The fourth-order valence-corrected chi connectivity index (χ4v) is 6.14. The number of ketones is 1. The normalized spacial score (nSPS) is 22.9. The fraction of sp³-hybridized carbons (Fsp3) is 0.414. The third-order valence-electron chi connectivity index (χ3n) is 8.31. The van der Waals surface area contributed by atoms with Crippen LogP contribution in [0.2, 0.25) is 0 Å². The molecule has 226 valence electrons. The summed E-state index contributed by atoms with van der Waals surface area (Å²) in [5.41, 5.74) is 4.65. The lowest BCUT2D eigenvalue weighted by Crippen LogP contribution is -2.50. The summed E-state index contributed by atoms with van der Waals surface area (Å²) in [5, 5.41) is 29.6. The lowest BCUT2D eigenvalue weighted by molar-refractivity contribution is -0.136. The van der Waals surface area contributed by atoms with E-state index in [1.54, 1.807) is 10.6 Å². The first-order valence-electron chi connectivity index (χ1n) is 14.1. The van der Waals surface area contributed by atoms with Crippen LogP contribution in [0, 0.1) is 12.8 Å². The highest BCUT2D eigenvalue weighted by Crippen LogP contribution is 2.41. The van der Waals surface area contributed by atoms with Crippen molar-refractivity contribution >= 4 is 45.7 Å². The minimum atomic E-state index is -1.29. The molecule has 0 amide bonds. The van der Waals surface area contributed by atoms with Gasteiger partial charge in [0.1, 0.15) is 11.4 Å². The number of hydrogen-bond donors (Lipinski definition) is 3. The number of halogens is 1. The van der Waals surface area contributed by atoms with Crippen LogP contribution in [0.25, 0.3) is 10.9 Å². The highest BCUT2D eigenvalue weighted by Gasteiger charge is 2.45. The van der Waals surface area contributed by atoms with E-state index < -0.39 is 29.5 Å². The van der Waals surface area contributed by atoms with Crippen LogP contribution in [0.1, 0.15) is 18.4 Å². The zero-order valence-corrected chi connectivity index (χ0v) is 24.6. The number of piperazine rings is 1. The third kappa shape index (κ3) is 5.53. The topological polar surface area (TPSA) is 135 Å². The van der Waals surface area contributed by atoms with Crippen molar-refractivity contribution in [3.8, 4) is 5.88 Å². The van der Waals surface area contributed by atoms with Crippen LogP contribution in [0.5, 0.6) is 5.88 Å². The van der Waals surface area contributed by atoms with Crippen LogP contribution in [-0.4, -0.2) is 91.7 Å². The molecule has 0 spiro atoms. The molecular formula is C29H32FN7O5S. The summed E-state index contributed by atoms with van der Waals surface area (Å²) in [5.74, 6) is -3.26. The lowest BCUT2D eigenvalue weighted by atomic mass is 9.82. The molecule has 1 saturated carbocycles. The van der Waals surface area contributed by atoms with Gasteiger partial charge in [-0.05, 0) is 56.3 Å². The van der Waals surface area contributed by atoms with Gasteiger partial charge in [-0.1, -0.05) is 11.6 Å². The van der Waals surface area contributed by atoms with E-state index in [9.17, 15) is 19.8 Å². The molecular weight excluding hydrogens is 577 g/mol. The Morgan fingerprint density at radius 3 is 2.63 bits per heavy atom. The summed E-state index contributed by atoms with van der Waals surface area (Å²) in [6.45, 7) is 4.58. The molecule has 2 unspecified atom stereocenters. The monoisotopic (exact) mass is 609 g/mol. The van der Waals surface area contributed by atoms with Gasteiger partial charge >= 0.3 is 5.97 Å². The first kappa shape index (κ1) is 29.0. The van der Waals surface area contributed by atoms with Gasteiger partial charge in [-0.2, -0.15) is 0 Å². The molecule has 2 aromatic rings. The van der Waals surface area contributed by atoms with Gasteiger partial charge in [0, 0.05) is 43.8 Å². The minimum Gasteiger partial charge on any atom is -0.493 e. The van der Waals surface area contributed by atoms with E-state index in [2.05, 4.69) is 20.6 Å². The first-order chi connectivity index (χ1) is 20.7.